The fourth-order valence-electron chi connectivity index (χ4n) is 1.22. The van der Waals surface area contributed by atoms with Gasteiger partial charge in [-0.05, 0) is 6.42 Å². The van der Waals surface area contributed by atoms with Crippen molar-refractivity contribution in [3.63, 3.8) is 0 Å². The first-order valence-electron chi connectivity index (χ1n) is 4.51. The molecule has 6 nitrogen and oxygen atoms in total. The molecule has 2 rings (SSSR count). The van der Waals surface area contributed by atoms with Crippen molar-refractivity contribution in [3.05, 3.63) is 6.33 Å². The molecule has 0 aliphatic rings. The number of nitrogen functional groups attached to an aromatic ring is 1. The highest BCUT2D eigenvalue weighted by molar-refractivity contribution is 5.83. The first kappa shape index (κ1) is 8.74. The van der Waals surface area contributed by atoms with E-state index in [1.54, 1.807) is 6.33 Å². The van der Waals surface area contributed by atoms with Crippen molar-refractivity contribution in [2.24, 2.45) is 0 Å². The van der Waals surface area contributed by atoms with Gasteiger partial charge in [-0.25, -0.2) is 4.98 Å². The first-order chi connectivity index (χ1) is 6.81. The second-order valence-corrected chi connectivity index (χ2v) is 2.96. The molecule has 2 aromatic heterocycles. The number of hydrogen-bond donors (Lipinski definition) is 3. The topological polar surface area (TPSA) is 92.5 Å². The zero-order chi connectivity index (χ0) is 9.97. The molecule has 0 fully saturated rings. The molecule has 2 aromatic rings. The Labute approximate surface area is 81.0 Å². The number of H-pyrrole nitrogens is 1. The molecule has 0 saturated heterocycles. The highest BCUT2D eigenvalue weighted by Crippen LogP contribution is 2.16. The molecule has 0 unspecified atom stereocenters. The monoisotopic (exact) mass is 192 g/mol. The summed E-state index contributed by atoms with van der Waals surface area (Å²) in [4.78, 5) is 15.1. The minimum atomic E-state index is 0.239. The Bertz CT molecular complexity index is 434. The second kappa shape index (κ2) is 3.49. The first-order valence-corrected chi connectivity index (χ1v) is 4.51. The molecule has 0 aliphatic carbocycles. The van der Waals surface area contributed by atoms with Crippen LogP contribution in [0.25, 0.3) is 11.2 Å². The molecule has 74 valence electrons. The molecule has 6 heteroatoms. The van der Waals surface area contributed by atoms with Crippen molar-refractivity contribution in [1.82, 2.24) is 19.9 Å². The van der Waals surface area contributed by atoms with Gasteiger partial charge in [0.2, 0.25) is 5.95 Å². The molecule has 0 radical (unpaired) electrons. The standard InChI is InChI=1S/C8H12N6/c1-2-3-10-6-5-7(12-4-11-5)14-8(9)13-6/h4H,2-3H2,1H3,(H4,9,10,11,12,13,14). The molecular formula is C8H12N6. The van der Waals surface area contributed by atoms with Gasteiger partial charge in [0.05, 0.1) is 6.33 Å². The minimum Gasteiger partial charge on any atom is -0.368 e. The fourth-order valence-corrected chi connectivity index (χ4v) is 1.22. The maximum Gasteiger partial charge on any atom is 0.224 e. The number of nitrogens with one attached hydrogen (secondary N) is 2. The summed E-state index contributed by atoms with van der Waals surface area (Å²) in [6.45, 7) is 2.94. The van der Waals surface area contributed by atoms with Crippen LogP contribution in [-0.4, -0.2) is 26.5 Å². The predicted octanol–water partition coefficient (Wildman–Crippen LogP) is 0.757. The number of nitrogens with two attached hydrogens (primary N) is 1. The van der Waals surface area contributed by atoms with Gasteiger partial charge in [0.1, 0.15) is 5.52 Å². The molecule has 0 aliphatic heterocycles. The number of aromatic nitrogens is 4. The Morgan fingerprint density at radius 3 is 3.14 bits per heavy atom. The molecule has 4 N–H and O–H groups in total. The summed E-state index contributed by atoms with van der Waals surface area (Å²) in [5, 5.41) is 3.16. The van der Waals surface area contributed by atoms with Gasteiger partial charge in [-0.3, -0.25) is 0 Å². The van der Waals surface area contributed by atoms with E-state index in [0.29, 0.717) is 11.5 Å². The molecule has 14 heavy (non-hydrogen) atoms. The van der Waals surface area contributed by atoms with Gasteiger partial charge in [0.25, 0.3) is 0 Å². The number of rotatable bonds is 3. The fraction of sp³-hybridized carbons (Fsp3) is 0.375. The third-order valence-corrected chi connectivity index (χ3v) is 1.85. The van der Waals surface area contributed by atoms with Crippen molar-refractivity contribution in [2.75, 3.05) is 17.6 Å². The van der Waals surface area contributed by atoms with E-state index in [9.17, 15) is 0 Å². The van der Waals surface area contributed by atoms with Crippen LogP contribution in [0.3, 0.4) is 0 Å². The Morgan fingerprint density at radius 1 is 1.50 bits per heavy atom. The van der Waals surface area contributed by atoms with E-state index in [0.717, 1.165) is 18.5 Å². The van der Waals surface area contributed by atoms with Crippen molar-refractivity contribution >= 4 is 22.9 Å². The Morgan fingerprint density at radius 2 is 2.36 bits per heavy atom. The van der Waals surface area contributed by atoms with Gasteiger partial charge in [0, 0.05) is 6.54 Å². The van der Waals surface area contributed by atoms with Crippen LogP contribution in [0.2, 0.25) is 0 Å². The summed E-state index contributed by atoms with van der Waals surface area (Å²) in [6, 6.07) is 0. The van der Waals surface area contributed by atoms with Crippen molar-refractivity contribution in [2.45, 2.75) is 13.3 Å². The third kappa shape index (κ3) is 1.46. The highest BCUT2D eigenvalue weighted by Gasteiger charge is 2.06. The summed E-state index contributed by atoms with van der Waals surface area (Å²) in [7, 11) is 0. The van der Waals surface area contributed by atoms with Crippen LogP contribution in [0, 0.1) is 0 Å². The van der Waals surface area contributed by atoms with Crippen molar-refractivity contribution in [1.29, 1.82) is 0 Å². The van der Waals surface area contributed by atoms with Crippen LogP contribution in [0.1, 0.15) is 13.3 Å². The number of hydrogen-bond acceptors (Lipinski definition) is 5. The van der Waals surface area contributed by atoms with Crippen LogP contribution in [0.4, 0.5) is 11.8 Å². The Balaban J connectivity index is 2.44. The van der Waals surface area contributed by atoms with Gasteiger partial charge in [-0.2, -0.15) is 9.97 Å². The summed E-state index contributed by atoms with van der Waals surface area (Å²) >= 11 is 0. The lowest BCUT2D eigenvalue weighted by Gasteiger charge is -2.04. The van der Waals surface area contributed by atoms with Crippen LogP contribution >= 0.6 is 0 Å². The molecule has 0 aromatic carbocycles. The number of imidazole rings is 1. The average molecular weight is 192 g/mol. The summed E-state index contributed by atoms with van der Waals surface area (Å²) in [5.41, 5.74) is 6.93. The number of anilines is 2. The van der Waals surface area contributed by atoms with E-state index in [2.05, 4.69) is 32.2 Å². The molecular weight excluding hydrogens is 180 g/mol. The number of aromatic amines is 1. The zero-order valence-electron chi connectivity index (χ0n) is 7.91. The van der Waals surface area contributed by atoms with Gasteiger partial charge in [-0.1, -0.05) is 6.92 Å². The molecule has 0 amide bonds. The smallest absolute Gasteiger partial charge is 0.224 e. The SMILES string of the molecule is CCCNc1nc(N)nc2nc[nH]c12. The van der Waals surface area contributed by atoms with Crippen LogP contribution in [-0.2, 0) is 0 Å². The van der Waals surface area contributed by atoms with Crippen molar-refractivity contribution < 1.29 is 0 Å². The summed E-state index contributed by atoms with van der Waals surface area (Å²) < 4.78 is 0. The van der Waals surface area contributed by atoms with E-state index >= 15 is 0 Å². The number of nitrogens with zero attached hydrogens (tertiary/aromatic N) is 3. The van der Waals surface area contributed by atoms with Crippen molar-refractivity contribution in [3.8, 4) is 0 Å². The molecule has 0 atom stereocenters. The van der Waals surface area contributed by atoms with E-state index < -0.39 is 0 Å². The predicted molar refractivity (Wildman–Crippen MR) is 54.9 cm³/mol. The molecule has 2 heterocycles. The lowest BCUT2D eigenvalue weighted by Crippen LogP contribution is -2.05. The van der Waals surface area contributed by atoms with Gasteiger partial charge < -0.3 is 16.0 Å². The Hall–Kier alpha value is -1.85. The van der Waals surface area contributed by atoms with E-state index in [1.165, 1.54) is 0 Å². The second-order valence-electron chi connectivity index (χ2n) is 2.96. The lowest BCUT2D eigenvalue weighted by molar-refractivity contribution is 0.970. The van der Waals surface area contributed by atoms with E-state index in [-0.39, 0.29) is 5.95 Å². The van der Waals surface area contributed by atoms with Gasteiger partial charge in [0.15, 0.2) is 11.5 Å². The quantitative estimate of drug-likeness (QED) is 0.667. The Kier molecular flexibility index (Phi) is 2.18. The van der Waals surface area contributed by atoms with E-state index in [4.69, 9.17) is 5.73 Å². The van der Waals surface area contributed by atoms with Crippen LogP contribution < -0.4 is 11.1 Å². The summed E-state index contributed by atoms with van der Waals surface area (Å²) in [6.07, 6.45) is 2.61. The normalized spacial score (nSPS) is 10.6. The van der Waals surface area contributed by atoms with Crippen LogP contribution in [0.15, 0.2) is 6.33 Å². The molecule has 0 bridgehead atoms. The van der Waals surface area contributed by atoms with E-state index in [1.807, 2.05) is 0 Å². The third-order valence-electron chi connectivity index (χ3n) is 1.85. The lowest BCUT2D eigenvalue weighted by atomic mass is 10.4. The molecule has 0 spiro atoms. The number of fused-ring (bicyclic) bond motifs is 1. The maximum absolute atomic E-state index is 5.54. The van der Waals surface area contributed by atoms with Crippen LogP contribution in [0.5, 0.6) is 0 Å². The minimum absolute atomic E-state index is 0.239. The average Bonchev–Trinajstić information content (AvgIpc) is 2.61. The zero-order valence-corrected chi connectivity index (χ0v) is 7.91. The molecule has 0 saturated carbocycles. The largest absolute Gasteiger partial charge is 0.368 e. The van der Waals surface area contributed by atoms with Gasteiger partial charge in [-0.15, -0.1) is 0 Å². The van der Waals surface area contributed by atoms with Gasteiger partial charge >= 0.3 is 0 Å². The highest BCUT2D eigenvalue weighted by atomic mass is 15.1. The summed E-state index contributed by atoms with van der Waals surface area (Å²) in [5.74, 6) is 0.954. The maximum atomic E-state index is 5.54.